The number of rotatable bonds is 1. The topological polar surface area (TPSA) is 0 Å². The monoisotopic (exact) mass is 774 g/mol. The van der Waals surface area contributed by atoms with Crippen LogP contribution in [0.3, 0.4) is 0 Å². The van der Waals surface area contributed by atoms with Crippen LogP contribution in [0.5, 0.6) is 0 Å². The first-order valence-corrected chi connectivity index (χ1v) is 19.9. The van der Waals surface area contributed by atoms with Gasteiger partial charge in [-0.1, -0.05) is 130 Å². The molecular formula is C44H54Cl2SZr-2. The molecule has 0 amide bonds. The molecule has 48 heavy (non-hydrogen) atoms. The summed E-state index contributed by atoms with van der Waals surface area (Å²) in [6, 6.07) is 19.7. The van der Waals surface area contributed by atoms with Crippen molar-refractivity contribution in [1.82, 2.24) is 0 Å². The van der Waals surface area contributed by atoms with Crippen molar-refractivity contribution in [3.8, 4) is 11.1 Å². The Morgan fingerprint density at radius 3 is 2.10 bits per heavy atom. The van der Waals surface area contributed by atoms with Gasteiger partial charge in [-0.25, -0.2) is 17.3 Å². The van der Waals surface area contributed by atoms with Crippen molar-refractivity contribution < 1.29 is 49.0 Å². The summed E-state index contributed by atoms with van der Waals surface area (Å²) in [5.74, 6) is 2.24. The smallest absolute Gasteiger partial charge is 0.0501 e. The van der Waals surface area contributed by atoms with E-state index in [-0.39, 0.29) is 46.5 Å². The molecule has 5 aliphatic carbocycles. The zero-order valence-electron chi connectivity index (χ0n) is 30.4. The van der Waals surface area contributed by atoms with E-state index in [1.807, 2.05) is 0 Å². The van der Waals surface area contributed by atoms with Crippen molar-refractivity contribution in [3.63, 3.8) is 0 Å². The Hall–Kier alpha value is -1.31. The summed E-state index contributed by atoms with van der Waals surface area (Å²) in [5, 5.41) is 4.26. The Kier molecular flexibility index (Phi) is 12.4. The van der Waals surface area contributed by atoms with Crippen molar-refractivity contribution in [2.24, 2.45) is 27.6 Å². The van der Waals surface area contributed by atoms with E-state index < -0.39 is 0 Å². The van der Waals surface area contributed by atoms with Crippen LogP contribution in [0.15, 0.2) is 94.2 Å². The second-order valence-corrected chi connectivity index (χ2v) is 18.6. The van der Waals surface area contributed by atoms with Crippen LogP contribution in [0.25, 0.3) is 16.7 Å². The van der Waals surface area contributed by atoms with Crippen LogP contribution in [0.2, 0.25) is 0 Å². The van der Waals surface area contributed by atoms with Gasteiger partial charge in [0.05, 0.1) is 0 Å². The van der Waals surface area contributed by atoms with Gasteiger partial charge in [0, 0.05) is 0 Å². The van der Waals surface area contributed by atoms with Crippen LogP contribution in [0.1, 0.15) is 111 Å². The maximum Gasteiger partial charge on any atom is -0.0501 e. The molecule has 0 aliphatic heterocycles. The van der Waals surface area contributed by atoms with Crippen LogP contribution in [-0.2, 0) is 30.7 Å². The number of hydrogen-bond donors (Lipinski definition) is 0. The first kappa shape index (κ1) is 39.5. The van der Waals surface area contributed by atoms with Crippen LogP contribution in [0, 0.1) is 33.5 Å². The molecule has 2 unspecified atom stereocenters. The Morgan fingerprint density at radius 2 is 1.50 bits per heavy atom. The third kappa shape index (κ3) is 6.37. The minimum absolute atomic E-state index is 0. The molecular weight excluding hydrogens is 723 g/mol. The second-order valence-electron chi connectivity index (χ2n) is 16.1. The summed E-state index contributed by atoms with van der Waals surface area (Å²) < 4.78 is 1.80. The summed E-state index contributed by atoms with van der Waals surface area (Å²) in [6.07, 6.45) is 15.8. The van der Waals surface area contributed by atoms with Gasteiger partial charge < -0.3 is 24.8 Å². The van der Waals surface area contributed by atoms with E-state index in [2.05, 4.69) is 133 Å². The van der Waals surface area contributed by atoms with Crippen LogP contribution < -0.4 is 24.8 Å². The van der Waals surface area contributed by atoms with Crippen LogP contribution in [0.4, 0.5) is 0 Å². The minimum atomic E-state index is 0. The number of thiophene rings is 1. The van der Waals surface area contributed by atoms with E-state index in [1.54, 1.807) is 67.0 Å². The minimum Gasteiger partial charge on any atom is -0.201 e. The van der Waals surface area contributed by atoms with Crippen molar-refractivity contribution in [1.29, 1.82) is 0 Å². The average molecular weight is 777 g/mol. The van der Waals surface area contributed by atoms with E-state index in [0.717, 1.165) is 6.42 Å². The summed E-state index contributed by atoms with van der Waals surface area (Å²) in [4.78, 5) is 0. The van der Waals surface area contributed by atoms with Gasteiger partial charge in [-0.15, -0.1) is 30.7 Å². The van der Waals surface area contributed by atoms with Crippen molar-refractivity contribution >= 4 is 20.1 Å². The normalized spacial score (nSPS) is 25.5. The van der Waals surface area contributed by atoms with Crippen LogP contribution in [-0.4, -0.2) is 3.21 Å². The Labute approximate surface area is 323 Å². The number of hydrogen-bond acceptors (Lipinski definition) is 1. The molecule has 8 rings (SSSR count). The zero-order chi connectivity index (χ0) is 32.9. The second kappa shape index (κ2) is 15.1. The van der Waals surface area contributed by atoms with Gasteiger partial charge in [-0.05, 0) is 40.6 Å². The SMILES string of the molecule is C[C-]1C2=C3Cc4ccccc4C3=C3C=CCCC3C2(C)C(C)(C)C(C)(C)C1(C)C.[Cl-].[Cl-].[Zr+2]=[C]1CCCCC1.c1cc[c-](-c2ccsc2)c1. The fourth-order valence-corrected chi connectivity index (χ4v) is 11.1. The fourth-order valence-electron chi connectivity index (χ4n) is 9.54. The third-order valence-electron chi connectivity index (χ3n) is 13.8. The Bertz CT molecular complexity index is 1620. The summed E-state index contributed by atoms with van der Waals surface area (Å²) in [5.41, 5.74) is 12.9. The van der Waals surface area contributed by atoms with Gasteiger partial charge in [0.2, 0.25) is 0 Å². The van der Waals surface area contributed by atoms with E-state index in [9.17, 15) is 0 Å². The molecule has 0 N–H and O–H groups in total. The molecule has 0 spiro atoms. The zero-order valence-corrected chi connectivity index (χ0v) is 35.2. The standard InChI is InChI=1S/C29H37.C9H7S.C6H10.2ClH.Zr/c1-18-25-22-17-19-13-9-10-14-20(19)24(22)21-15-11-12-16-23(21)29(25,8)28(6,7)27(4,5)26(18,2)3;1-2-4-8(3-1)9-5-6-10-7-9;1-2-4-6-5-3-1;;;/h9-11,13-15,23H,12,16-17H2,1-8H3;1-7H;1-5H2;2*1H;/q2*-1;;;;+2/p-2. The summed E-state index contributed by atoms with van der Waals surface area (Å²) >= 11 is 3.43. The molecule has 0 saturated heterocycles. The Morgan fingerprint density at radius 1 is 0.833 bits per heavy atom. The Balaban J connectivity index is 0.000000224. The molecule has 1 heterocycles. The largest absolute Gasteiger partial charge is 0.201 e. The number of allylic oxidation sites excluding steroid dienone is 6. The predicted octanol–water partition coefficient (Wildman–Crippen LogP) is 6.78. The van der Waals surface area contributed by atoms with E-state index in [1.165, 1.54) is 67.2 Å². The van der Waals surface area contributed by atoms with Gasteiger partial charge in [0.25, 0.3) is 0 Å². The molecule has 3 aromatic rings. The molecule has 256 valence electrons. The number of benzene rings is 1. The fraction of sp³-hybridized carbons (Fsp3) is 0.477. The van der Waals surface area contributed by atoms with E-state index in [0.29, 0.717) is 5.92 Å². The quantitative estimate of drug-likeness (QED) is 0.240. The average Bonchev–Trinajstić information content (AvgIpc) is 3.83. The maximum absolute atomic E-state index is 2.62. The van der Waals surface area contributed by atoms with Gasteiger partial charge in [0.1, 0.15) is 0 Å². The molecule has 5 aliphatic rings. The first-order chi connectivity index (χ1) is 21.8. The molecule has 2 saturated carbocycles. The number of halogens is 2. The van der Waals surface area contributed by atoms with Crippen molar-refractivity contribution in [3.05, 3.63) is 111 Å². The molecule has 2 aromatic carbocycles. The molecule has 0 radical (unpaired) electrons. The molecule has 0 nitrogen and oxygen atoms in total. The number of fused-ring (bicyclic) bond motifs is 6. The van der Waals surface area contributed by atoms with Crippen molar-refractivity contribution in [2.45, 2.75) is 107 Å². The van der Waals surface area contributed by atoms with E-state index in [4.69, 9.17) is 0 Å². The molecule has 0 bridgehead atoms. The van der Waals surface area contributed by atoms with Gasteiger partial charge in [0.15, 0.2) is 0 Å². The summed E-state index contributed by atoms with van der Waals surface area (Å²) in [7, 11) is 0. The maximum atomic E-state index is 2.62. The molecule has 1 aromatic heterocycles. The molecule has 4 heteroatoms. The predicted molar refractivity (Wildman–Crippen MR) is 198 cm³/mol. The molecule has 2 fully saturated rings. The van der Waals surface area contributed by atoms with E-state index >= 15 is 0 Å². The van der Waals surface area contributed by atoms with Gasteiger partial charge >= 0.3 is 59.5 Å². The van der Waals surface area contributed by atoms with Gasteiger partial charge in [-0.3, -0.25) is 0 Å². The van der Waals surface area contributed by atoms with Crippen molar-refractivity contribution in [2.75, 3.05) is 0 Å². The third-order valence-corrected chi connectivity index (χ3v) is 15.7. The van der Waals surface area contributed by atoms with Gasteiger partial charge in [-0.2, -0.15) is 23.3 Å². The van der Waals surface area contributed by atoms with Crippen LogP contribution >= 0.6 is 11.3 Å². The molecule has 2 atom stereocenters. The summed E-state index contributed by atoms with van der Waals surface area (Å²) in [6.45, 7) is 20.3. The first-order valence-electron chi connectivity index (χ1n) is 17.7.